The van der Waals surface area contributed by atoms with Gasteiger partial charge >= 0.3 is 11.8 Å². The van der Waals surface area contributed by atoms with E-state index in [9.17, 15) is 14.4 Å². The van der Waals surface area contributed by atoms with Crippen molar-refractivity contribution in [2.24, 2.45) is 10.8 Å². The van der Waals surface area contributed by atoms with Crippen molar-refractivity contribution in [3.8, 4) is 5.75 Å². The second-order valence-corrected chi connectivity index (χ2v) is 5.92. The molecular weight excluding hydrogens is 364 g/mol. The molecule has 9 nitrogen and oxygen atoms in total. The average Bonchev–Trinajstić information content (AvgIpc) is 3.12. The summed E-state index contributed by atoms with van der Waals surface area (Å²) in [7, 11) is 0. The summed E-state index contributed by atoms with van der Waals surface area (Å²) in [6.07, 6.45) is 2.97. The third kappa shape index (κ3) is 6.34. The van der Waals surface area contributed by atoms with E-state index in [2.05, 4.69) is 15.8 Å². The van der Waals surface area contributed by atoms with Crippen LogP contribution in [0.5, 0.6) is 5.75 Å². The van der Waals surface area contributed by atoms with Gasteiger partial charge in [0.15, 0.2) is 6.61 Å². The van der Waals surface area contributed by atoms with Gasteiger partial charge in [-0.1, -0.05) is 11.6 Å². The highest BCUT2D eigenvalue weighted by Gasteiger charge is 2.19. The highest BCUT2D eigenvalue weighted by atomic mass is 35.5. The fourth-order valence-electron chi connectivity index (χ4n) is 2.20. The Bertz CT molecular complexity index is 704. The van der Waals surface area contributed by atoms with E-state index in [1.165, 1.54) is 18.3 Å². The number of hydrazone groups is 1. The lowest BCUT2D eigenvalue weighted by Gasteiger charge is -2.09. The molecule has 26 heavy (non-hydrogen) atoms. The Morgan fingerprint density at radius 1 is 1.38 bits per heavy atom. The molecule has 1 atom stereocenters. The van der Waals surface area contributed by atoms with Gasteiger partial charge in [-0.25, -0.2) is 5.43 Å². The van der Waals surface area contributed by atoms with Gasteiger partial charge in [0.05, 0.1) is 12.3 Å². The van der Waals surface area contributed by atoms with Crippen molar-refractivity contribution in [2.45, 2.75) is 18.9 Å². The van der Waals surface area contributed by atoms with Crippen molar-refractivity contribution in [1.29, 1.82) is 0 Å². The van der Waals surface area contributed by atoms with Gasteiger partial charge in [0.1, 0.15) is 5.75 Å². The number of carbonyl (C=O) groups excluding carboxylic acids is 3. The summed E-state index contributed by atoms with van der Waals surface area (Å²) in [4.78, 5) is 34.2. The molecule has 1 aromatic carbocycles. The van der Waals surface area contributed by atoms with E-state index < -0.39 is 17.7 Å². The summed E-state index contributed by atoms with van der Waals surface area (Å²) < 4.78 is 10.6. The van der Waals surface area contributed by atoms with Crippen LogP contribution in [-0.4, -0.2) is 49.8 Å². The van der Waals surface area contributed by atoms with Gasteiger partial charge < -0.3 is 20.5 Å². The predicted molar refractivity (Wildman–Crippen MR) is 93.9 cm³/mol. The zero-order chi connectivity index (χ0) is 18.9. The van der Waals surface area contributed by atoms with Gasteiger partial charge in [0.2, 0.25) is 0 Å². The molecule has 1 aromatic rings. The van der Waals surface area contributed by atoms with Crippen LogP contribution in [0.15, 0.2) is 23.3 Å². The largest absolute Gasteiger partial charge is 0.483 e. The Labute approximate surface area is 154 Å². The first-order valence-electron chi connectivity index (χ1n) is 7.89. The molecule has 0 aromatic heterocycles. The smallest absolute Gasteiger partial charge is 0.329 e. The van der Waals surface area contributed by atoms with E-state index in [-0.39, 0.29) is 19.3 Å². The number of nitrogens with zero attached hydrogens (tertiary/aromatic N) is 1. The van der Waals surface area contributed by atoms with Crippen molar-refractivity contribution >= 4 is 35.5 Å². The molecule has 1 aliphatic heterocycles. The van der Waals surface area contributed by atoms with Gasteiger partial charge in [-0.2, -0.15) is 5.10 Å². The van der Waals surface area contributed by atoms with E-state index in [4.69, 9.17) is 26.8 Å². The van der Waals surface area contributed by atoms with Gasteiger partial charge in [0.25, 0.3) is 5.91 Å². The minimum absolute atomic E-state index is 0.0633. The summed E-state index contributed by atoms with van der Waals surface area (Å²) in [5.74, 6) is -2.07. The number of hydrogen-bond acceptors (Lipinski definition) is 6. The summed E-state index contributed by atoms with van der Waals surface area (Å²) in [6, 6.07) is 4.61. The Hall–Kier alpha value is -2.65. The van der Waals surface area contributed by atoms with Crippen LogP contribution in [0.25, 0.3) is 0 Å². The maximum absolute atomic E-state index is 11.7. The monoisotopic (exact) mass is 382 g/mol. The molecule has 1 saturated heterocycles. The van der Waals surface area contributed by atoms with E-state index in [0.29, 0.717) is 22.9 Å². The molecule has 3 amide bonds. The number of hydrogen-bond donors (Lipinski definition) is 3. The molecule has 2 rings (SSSR count). The molecule has 0 aliphatic carbocycles. The normalized spacial score (nSPS) is 16.4. The standard InChI is InChI=1S/C16H19ClN4O5/c17-11-3-4-13(26-9-14(18)22)10(6-11)7-20-21-16(24)15(23)19-8-12-2-1-5-25-12/h3-4,6-7,12H,1-2,5,8-9H2,(H2,18,22)(H,19,23)(H,21,24)/b20-7-/t12-/m0/s1. The lowest BCUT2D eigenvalue weighted by Crippen LogP contribution is -2.41. The Kier molecular flexibility index (Phi) is 7.37. The zero-order valence-corrected chi connectivity index (χ0v) is 14.6. The molecule has 1 aliphatic rings. The van der Waals surface area contributed by atoms with Crippen LogP contribution in [0.1, 0.15) is 18.4 Å². The van der Waals surface area contributed by atoms with Crippen molar-refractivity contribution in [3.05, 3.63) is 28.8 Å². The molecular formula is C16H19ClN4O5. The van der Waals surface area contributed by atoms with E-state index >= 15 is 0 Å². The molecule has 0 spiro atoms. The predicted octanol–water partition coefficient (Wildman–Crippen LogP) is -0.0506. The van der Waals surface area contributed by atoms with E-state index in [1.54, 1.807) is 6.07 Å². The van der Waals surface area contributed by atoms with Gasteiger partial charge in [0, 0.05) is 23.7 Å². The number of nitrogens with one attached hydrogen (secondary N) is 2. The molecule has 4 N–H and O–H groups in total. The van der Waals surface area contributed by atoms with Crippen LogP contribution in [0.3, 0.4) is 0 Å². The van der Waals surface area contributed by atoms with Crippen molar-refractivity contribution in [1.82, 2.24) is 10.7 Å². The molecule has 140 valence electrons. The summed E-state index contributed by atoms with van der Waals surface area (Å²) in [6.45, 7) is 0.618. The molecule has 10 heteroatoms. The highest BCUT2D eigenvalue weighted by Crippen LogP contribution is 2.21. The number of amides is 3. The van der Waals surface area contributed by atoms with Crippen LogP contribution < -0.4 is 21.2 Å². The second-order valence-electron chi connectivity index (χ2n) is 5.48. The fraction of sp³-hybridized carbons (Fsp3) is 0.375. The SMILES string of the molecule is NC(=O)COc1ccc(Cl)cc1/C=N\NC(=O)C(=O)NC[C@@H]1CCCO1. The topological polar surface area (TPSA) is 132 Å². The van der Waals surface area contributed by atoms with Crippen molar-refractivity contribution in [3.63, 3.8) is 0 Å². The minimum Gasteiger partial charge on any atom is -0.483 e. The zero-order valence-electron chi connectivity index (χ0n) is 13.9. The molecule has 0 unspecified atom stereocenters. The Morgan fingerprint density at radius 3 is 2.88 bits per heavy atom. The lowest BCUT2D eigenvalue weighted by atomic mass is 10.2. The molecule has 0 radical (unpaired) electrons. The lowest BCUT2D eigenvalue weighted by molar-refractivity contribution is -0.139. The summed E-state index contributed by atoms with van der Waals surface area (Å²) >= 11 is 5.90. The van der Waals surface area contributed by atoms with Crippen LogP contribution in [0.4, 0.5) is 0 Å². The van der Waals surface area contributed by atoms with Gasteiger partial charge in [-0.05, 0) is 31.0 Å². The van der Waals surface area contributed by atoms with Crippen LogP contribution in [-0.2, 0) is 19.1 Å². The Morgan fingerprint density at radius 2 is 2.19 bits per heavy atom. The van der Waals surface area contributed by atoms with Crippen LogP contribution >= 0.6 is 11.6 Å². The number of carbonyl (C=O) groups is 3. The summed E-state index contributed by atoms with van der Waals surface area (Å²) in [5, 5.41) is 6.58. The van der Waals surface area contributed by atoms with Crippen molar-refractivity contribution in [2.75, 3.05) is 19.8 Å². The molecule has 1 heterocycles. The van der Waals surface area contributed by atoms with E-state index in [0.717, 1.165) is 12.8 Å². The highest BCUT2D eigenvalue weighted by molar-refractivity contribution is 6.35. The van der Waals surface area contributed by atoms with Crippen molar-refractivity contribution < 1.29 is 23.9 Å². The first-order valence-corrected chi connectivity index (χ1v) is 8.27. The third-order valence-electron chi connectivity index (χ3n) is 3.43. The van der Waals surface area contributed by atoms with Gasteiger partial charge in [-0.3, -0.25) is 14.4 Å². The maximum Gasteiger partial charge on any atom is 0.329 e. The molecule has 0 bridgehead atoms. The van der Waals surface area contributed by atoms with Gasteiger partial charge in [-0.15, -0.1) is 0 Å². The fourth-order valence-corrected chi connectivity index (χ4v) is 2.38. The van der Waals surface area contributed by atoms with E-state index in [1.807, 2.05) is 0 Å². The maximum atomic E-state index is 11.7. The first kappa shape index (κ1) is 19.7. The first-order chi connectivity index (χ1) is 12.5. The third-order valence-corrected chi connectivity index (χ3v) is 3.67. The molecule has 0 saturated carbocycles. The number of primary amides is 1. The quantitative estimate of drug-likeness (QED) is 0.345. The average molecular weight is 383 g/mol. The number of nitrogens with two attached hydrogens (primary N) is 1. The van der Waals surface area contributed by atoms with Crippen LogP contribution in [0.2, 0.25) is 5.02 Å². The minimum atomic E-state index is -0.916. The number of rotatable bonds is 7. The summed E-state index contributed by atoms with van der Waals surface area (Å²) in [5.41, 5.74) is 7.54. The number of ether oxygens (including phenoxy) is 2. The van der Waals surface area contributed by atoms with Crippen LogP contribution in [0, 0.1) is 0 Å². The Balaban J connectivity index is 1.87. The number of benzene rings is 1. The number of halogens is 1. The molecule has 1 fully saturated rings. The second kappa shape index (κ2) is 9.73.